The molecule has 0 bridgehead atoms. The highest BCUT2D eigenvalue weighted by Gasteiger charge is 2.07. The molecule has 62 valence electrons. The molecule has 0 radical (unpaired) electrons. The lowest BCUT2D eigenvalue weighted by molar-refractivity contribution is 1.68. The maximum absolute atomic E-state index is 4.41. The molecule has 0 saturated heterocycles. The van der Waals surface area contributed by atoms with E-state index in [1.165, 1.54) is 17.2 Å². The van der Waals surface area contributed by atoms with Gasteiger partial charge in [0, 0.05) is 17.2 Å². The predicted molar refractivity (Wildman–Crippen MR) is 74.5 cm³/mol. The van der Waals surface area contributed by atoms with E-state index in [1.807, 2.05) is 0 Å². The van der Waals surface area contributed by atoms with Gasteiger partial charge in [-0.1, -0.05) is 12.1 Å². The second kappa shape index (κ2) is 3.62. The Morgan fingerprint density at radius 2 is 2.00 bits per heavy atom. The van der Waals surface area contributed by atoms with Crippen molar-refractivity contribution >= 4 is 79.2 Å². The van der Waals surface area contributed by atoms with E-state index in [0.29, 0.717) is 0 Å². The molecule has 1 heterocycles. The van der Waals surface area contributed by atoms with E-state index in [9.17, 15) is 0 Å². The summed E-state index contributed by atoms with van der Waals surface area (Å²) in [6.45, 7) is 0. The number of fused-ring (bicyclic) bond motifs is 1. The van der Waals surface area contributed by atoms with Crippen LogP contribution in [0.3, 0.4) is 0 Å². The molecule has 0 aliphatic heterocycles. The van der Waals surface area contributed by atoms with Gasteiger partial charge in [0.25, 0.3) is 0 Å². The largest absolute Gasteiger partial charge is 0.132 e. The van der Waals surface area contributed by atoms with Crippen LogP contribution >= 0.6 is 69.1 Å². The van der Waals surface area contributed by atoms with Crippen LogP contribution in [0, 0.1) is 7.14 Å². The summed E-state index contributed by atoms with van der Waals surface area (Å²) in [4.78, 5) is 0. The van der Waals surface area contributed by atoms with Gasteiger partial charge in [-0.15, -0.1) is 24.0 Å². The molecule has 1 aromatic heterocycles. The molecule has 0 nitrogen and oxygen atoms in total. The van der Waals surface area contributed by atoms with Crippen LogP contribution < -0.4 is 0 Å². The van der Waals surface area contributed by atoms with Crippen LogP contribution in [-0.4, -0.2) is 0 Å². The standard InChI is InChI=1S/C8H4I2S2/c9-5-3-1-2-4-6(10)8(11)12-7(4)5/h1-3,11H. The third kappa shape index (κ3) is 1.51. The van der Waals surface area contributed by atoms with E-state index >= 15 is 0 Å². The van der Waals surface area contributed by atoms with Crippen molar-refractivity contribution < 1.29 is 0 Å². The van der Waals surface area contributed by atoms with E-state index in [2.05, 4.69) is 76.0 Å². The van der Waals surface area contributed by atoms with Crippen molar-refractivity contribution in [1.29, 1.82) is 0 Å². The Morgan fingerprint density at radius 1 is 1.25 bits per heavy atom. The quantitative estimate of drug-likeness (QED) is 0.476. The topological polar surface area (TPSA) is 0 Å². The fourth-order valence-electron chi connectivity index (χ4n) is 1.04. The first-order valence-corrected chi connectivity index (χ1v) is 6.68. The number of halogens is 2. The Hall–Kier alpha value is 0.990. The van der Waals surface area contributed by atoms with Crippen molar-refractivity contribution in [1.82, 2.24) is 0 Å². The lowest BCUT2D eigenvalue weighted by Gasteiger charge is -1.91. The third-order valence-corrected chi connectivity index (χ3v) is 6.31. The molecule has 0 spiro atoms. The first-order valence-electron chi connectivity index (χ1n) is 3.25. The van der Waals surface area contributed by atoms with Gasteiger partial charge in [0.2, 0.25) is 0 Å². The minimum Gasteiger partial charge on any atom is -0.132 e. The molecule has 1 aromatic carbocycles. The van der Waals surface area contributed by atoms with Gasteiger partial charge in [-0.25, -0.2) is 0 Å². The molecule has 0 unspecified atom stereocenters. The fraction of sp³-hybridized carbons (Fsp3) is 0. The first-order chi connectivity index (χ1) is 5.70. The molecule has 0 aliphatic carbocycles. The zero-order valence-electron chi connectivity index (χ0n) is 5.84. The highest BCUT2D eigenvalue weighted by Crippen LogP contribution is 2.36. The summed E-state index contributed by atoms with van der Waals surface area (Å²) in [5.41, 5.74) is 0. The highest BCUT2D eigenvalue weighted by molar-refractivity contribution is 14.1. The molecular formula is C8H4I2S2. The molecule has 0 amide bonds. The van der Waals surface area contributed by atoms with E-state index in [-0.39, 0.29) is 0 Å². The van der Waals surface area contributed by atoms with Crippen LogP contribution in [0.25, 0.3) is 10.1 Å². The van der Waals surface area contributed by atoms with Crippen LogP contribution in [0.1, 0.15) is 0 Å². The molecule has 2 aromatic rings. The van der Waals surface area contributed by atoms with Crippen molar-refractivity contribution in [2.45, 2.75) is 4.21 Å². The van der Waals surface area contributed by atoms with E-state index in [0.717, 1.165) is 4.21 Å². The van der Waals surface area contributed by atoms with Crippen molar-refractivity contribution in [3.63, 3.8) is 0 Å². The zero-order valence-corrected chi connectivity index (χ0v) is 11.9. The van der Waals surface area contributed by atoms with E-state index < -0.39 is 0 Å². The van der Waals surface area contributed by atoms with Gasteiger partial charge in [-0.3, -0.25) is 0 Å². The van der Waals surface area contributed by atoms with Gasteiger partial charge in [0.05, 0.1) is 4.21 Å². The molecule has 0 atom stereocenters. The van der Waals surface area contributed by atoms with Crippen LogP contribution in [0.2, 0.25) is 0 Å². The number of thiol groups is 1. The zero-order chi connectivity index (χ0) is 8.72. The average molecular weight is 418 g/mol. The molecule has 0 N–H and O–H groups in total. The Morgan fingerprint density at radius 3 is 2.67 bits per heavy atom. The van der Waals surface area contributed by atoms with E-state index in [4.69, 9.17) is 0 Å². The monoisotopic (exact) mass is 418 g/mol. The number of thiophene rings is 1. The number of benzene rings is 1. The Balaban J connectivity index is 2.95. The highest BCUT2D eigenvalue weighted by atomic mass is 127. The van der Waals surface area contributed by atoms with Crippen molar-refractivity contribution in [2.24, 2.45) is 0 Å². The molecule has 12 heavy (non-hydrogen) atoms. The number of hydrogen-bond acceptors (Lipinski definition) is 2. The predicted octanol–water partition coefficient (Wildman–Crippen LogP) is 4.40. The third-order valence-electron chi connectivity index (χ3n) is 1.59. The smallest absolute Gasteiger partial charge is 0.0715 e. The molecule has 4 heteroatoms. The molecule has 0 aliphatic rings. The molecule has 0 fully saturated rings. The summed E-state index contributed by atoms with van der Waals surface area (Å²) < 4.78 is 5.06. The SMILES string of the molecule is Sc1sc2c(I)cccc2c1I. The summed E-state index contributed by atoms with van der Waals surface area (Å²) in [7, 11) is 0. The average Bonchev–Trinajstić information content (AvgIpc) is 2.32. The fourth-order valence-corrected chi connectivity index (χ4v) is 4.07. The maximum atomic E-state index is 4.41. The minimum absolute atomic E-state index is 1.12. The Bertz CT molecular complexity index is 434. The lowest BCUT2D eigenvalue weighted by atomic mass is 10.3. The Labute approximate surface area is 107 Å². The minimum atomic E-state index is 1.12. The van der Waals surface area contributed by atoms with Gasteiger partial charge in [-0.2, -0.15) is 0 Å². The molecule has 0 saturated carbocycles. The second-order valence-corrected chi connectivity index (χ2v) is 6.35. The van der Waals surface area contributed by atoms with Crippen LogP contribution in [0.15, 0.2) is 22.4 Å². The van der Waals surface area contributed by atoms with Crippen LogP contribution in [0.5, 0.6) is 0 Å². The van der Waals surface area contributed by atoms with Gasteiger partial charge < -0.3 is 0 Å². The van der Waals surface area contributed by atoms with Crippen LogP contribution in [0.4, 0.5) is 0 Å². The Kier molecular flexibility index (Phi) is 2.88. The lowest BCUT2D eigenvalue weighted by Crippen LogP contribution is -1.70. The first kappa shape index (κ1) is 9.54. The van der Waals surface area contributed by atoms with Gasteiger partial charge in [0.1, 0.15) is 0 Å². The molecule has 2 rings (SSSR count). The summed E-state index contributed by atoms with van der Waals surface area (Å²) >= 11 is 10.9. The van der Waals surface area contributed by atoms with E-state index in [1.54, 1.807) is 11.3 Å². The summed E-state index contributed by atoms with van der Waals surface area (Å²) in [6, 6.07) is 6.37. The van der Waals surface area contributed by atoms with Gasteiger partial charge >= 0.3 is 0 Å². The van der Waals surface area contributed by atoms with Crippen molar-refractivity contribution in [2.75, 3.05) is 0 Å². The number of rotatable bonds is 0. The summed E-state index contributed by atoms with van der Waals surface area (Å²) in [5.74, 6) is 0. The van der Waals surface area contributed by atoms with Gasteiger partial charge in [0.15, 0.2) is 0 Å². The molecular weight excluding hydrogens is 414 g/mol. The van der Waals surface area contributed by atoms with Crippen molar-refractivity contribution in [3.8, 4) is 0 Å². The van der Waals surface area contributed by atoms with Crippen molar-refractivity contribution in [3.05, 3.63) is 25.3 Å². The summed E-state index contributed by atoms with van der Waals surface area (Å²) in [5, 5.41) is 1.33. The maximum Gasteiger partial charge on any atom is 0.0715 e. The summed E-state index contributed by atoms with van der Waals surface area (Å²) in [6.07, 6.45) is 0. The number of hydrogen-bond donors (Lipinski definition) is 1. The normalized spacial score (nSPS) is 10.9. The second-order valence-electron chi connectivity index (χ2n) is 2.34. The van der Waals surface area contributed by atoms with Crippen LogP contribution in [-0.2, 0) is 0 Å². The van der Waals surface area contributed by atoms with Gasteiger partial charge in [-0.05, 0) is 51.2 Å².